The molecule has 140 valence electrons. The average Bonchev–Trinajstić information content (AvgIpc) is 2.55. The van der Waals surface area contributed by atoms with E-state index in [0.29, 0.717) is 57.4 Å². The van der Waals surface area contributed by atoms with Crippen LogP contribution in [0.4, 0.5) is 0 Å². The van der Waals surface area contributed by atoms with Gasteiger partial charge in [0.1, 0.15) is 0 Å². The SMILES string of the molecule is CC(C)CCNC(=O)C1CCN(S(=O)(=O)N2CCC(C)CC2)CC1. The lowest BCUT2D eigenvalue weighted by atomic mass is 9.97. The molecule has 0 unspecified atom stereocenters. The first-order valence-electron chi connectivity index (χ1n) is 9.33. The number of piperidine rings is 2. The molecule has 1 amide bonds. The Hall–Kier alpha value is -0.660. The molecule has 24 heavy (non-hydrogen) atoms. The van der Waals surface area contributed by atoms with Crippen LogP contribution in [-0.4, -0.2) is 55.7 Å². The number of hydrogen-bond acceptors (Lipinski definition) is 3. The molecule has 0 atom stereocenters. The smallest absolute Gasteiger partial charge is 0.281 e. The summed E-state index contributed by atoms with van der Waals surface area (Å²) in [5.41, 5.74) is 0. The molecule has 2 fully saturated rings. The van der Waals surface area contributed by atoms with Gasteiger partial charge in [-0.2, -0.15) is 17.0 Å². The Bertz CT molecular complexity index is 505. The third-order valence-electron chi connectivity index (χ3n) is 5.24. The minimum Gasteiger partial charge on any atom is -0.356 e. The van der Waals surface area contributed by atoms with Crippen LogP contribution in [0.2, 0.25) is 0 Å². The monoisotopic (exact) mass is 359 g/mol. The van der Waals surface area contributed by atoms with Gasteiger partial charge in [-0.1, -0.05) is 20.8 Å². The summed E-state index contributed by atoms with van der Waals surface area (Å²) in [5, 5.41) is 2.99. The molecule has 0 spiro atoms. The van der Waals surface area contributed by atoms with Gasteiger partial charge in [-0.15, -0.1) is 0 Å². The fourth-order valence-electron chi connectivity index (χ4n) is 3.36. The van der Waals surface area contributed by atoms with E-state index in [4.69, 9.17) is 0 Å². The summed E-state index contributed by atoms with van der Waals surface area (Å²) >= 11 is 0. The topological polar surface area (TPSA) is 69.7 Å². The Morgan fingerprint density at radius 3 is 2.04 bits per heavy atom. The van der Waals surface area contributed by atoms with E-state index in [1.807, 2.05) is 0 Å². The van der Waals surface area contributed by atoms with Crippen LogP contribution in [0.1, 0.15) is 52.9 Å². The van der Waals surface area contributed by atoms with Crippen LogP contribution >= 0.6 is 0 Å². The first-order valence-corrected chi connectivity index (χ1v) is 10.7. The van der Waals surface area contributed by atoms with E-state index in [-0.39, 0.29) is 11.8 Å². The van der Waals surface area contributed by atoms with Crippen molar-refractivity contribution in [1.82, 2.24) is 13.9 Å². The maximum atomic E-state index is 12.7. The average molecular weight is 360 g/mol. The van der Waals surface area contributed by atoms with Crippen molar-refractivity contribution in [2.45, 2.75) is 52.9 Å². The minimum atomic E-state index is -3.35. The van der Waals surface area contributed by atoms with Crippen LogP contribution < -0.4 is 5.32 Å². The fourth-order valence-corrected chi connectivity index (χ4v) is 5.03. The lowest BCUT2D eigenvalue weighted by Crippen LogP contribution is -2.50. The Morgan fingerprint density at radius 1 is 1.04 bits per heavy atom. The van der Waals surface area contributed by atoms with E-state index in [1.165, 1.54) is 0 Å². The molecule has 0 aromatic heterocycles. The van der Waals surface area contributed by atoms with Crippen molar-refractivity contribution in [1.29, 1.82) is 0 Å². The Labute approximate surface area is 147 Å². The van der Waals surface area contributed by atoms with E-state index in [9.17, 15) is 13.2 Å². The lowest BCUT2D eigenvalue weighted by molar-refractivity contribution is -0.126. The van der Waals surface area contributed by atoms with Crippen LogP contribution in [0.5, 0.6) is 0 Å². The van der Waals surface area contributed by atoms with Gasteiger partial charge in [0.25, 0.3) is 10.2 Å². The van der Waals surface area contributed by atoms with Gasteiger partial charge in [-0.05, 0) is 43.9 Å². The molecule has 2 heterocycles. The van der Waals surface area contributed by atoms with Crippen molar-refractivity contribution in [2.75, 3.05) is 32.7 Å². The summed E-state index contributed by atoms with van der Waals surface area (Å²) < 4.78 is 28.6. The van der Waals surface area contributed by atoms with Crippen molar-refractivity contribution >= 4 is 16.1 Å². The highest BCUT2D eigenvalue weighted by Gasteiger charge is 2.35. The van der Waals surface area contributed by atoms with E-state index < -0.39 is 10.2 Å². The number of nitrogens with zero attached hydrogens (tertiary/aromatic N) is 2. The summed E-state index contributed by atoms with van der Waals surface area (Å²) in [6, 6.07) is 0. The maximum Gasteiger partial charge on any atom is 0.281 e. The third-order valence-corrected chi connectivity index (χ3v) is 7.28. The quantitative estimate of drug-likeness (QED) is 0.787. The Balaban J connectivity index is 1.80. The molecule has 7 heteroatoms. The zero-order chi connectivity index (χ0) is 17.7. The standard InChI is InChI=1S/C17H33N3O3S/c1-14(2)4-9-18-17(21)16-7-12-20(13-8-16)24(22,23)19-10-5-15(3)6-11-19/h14-16H,4-13H2,1-3H3,(H,18,21). The molecule has 6 nitrogen and oxygen atoms in total. The summed E-state index contributed by atoms with van der Waals surface area (Å²) in [6.45, 7) is 9.31. The minimum absolute atomic E-state index is 0.0509. The second-order valence-electron chi connectivity index (χ2n) is 7.74. The van der Waals surface area contributed by atoms with Crippen LogP contribution in [-0.2, 0) is 15.0 Å². The molecule has 0 aromatic rings. The second kappa shape index (κ2) is 8.63. The Kier molecular flexibility index (Phi) is 7.07. The molecule has 0 saturated carbocycles. The van der Waals surface area contributed by atoms with Crippen LogP contribution in [0.25, 0.3) is 0 Å². The second-order valence-corrected chi connectivity index (χ2v) is 9.66. The van der Waals surface area contributed by atoms with Crippen molar-refractivity contribution < 1.29 is 13.2 Å². The first kappa shape index (κ1) is 19.7. The molecule has 2 rings (SSSR count). The summed E-state index contributed by atoms with van der Waals surface area (Å²) in [7, 11) is -3.35. The van der Waals surface area contributed by atoms with Gasteiger partial charge in [0, 0.05) is 38.6 Å². The van der Waals surface area contributed by atoms with Gasteiger partial charge in [-0.3, -0.25) is 4.79 Å². The molecular weight excluding hydrogens is 326 g/mol. The van der Waals surface area contributed by atoms with Gasteiger partial charge in [0.2, 0.25) is 5.91 Å². The molecule has 0 aliphatic carbocycles. The van der Waals surface area contributed by atoms with Gasteiger partial charge in [-0.25, -0.2) is 0 Å². The largest absolute Gasteiger partial charge is 0.356 e. The molecule has 0 radical (unpaired) electrons. The number of carbonyl (C=O) groups excluding carboxylic acids is 1. The van der Waals surface area contributed by atoms with Crippen LogP contribution in [0, 0.1) is 17.8 Å². The predicted octanol–water partition coefficient (Wildman–Crippen LogP) is 1.84. The van der Waals surface area contributed by atoms with Crippen molar-refractivity contribution in [3.8, 4) is 0 Å². The Morgan fingerprint density at radius 2 is 1.54 bits per heavy atom. The zero-order valence-electron chi connectivity index (χ0n) is 15.3. The van der Waals surface area contributed by atoms with Crippen molar-refractivity contribution in [3.05, 3.63) is 0 Å². The maximum absolute atomic E-state index is 12.7. The predicted molar refractivity (Wildman–Crippen MR) is 95.7 cm³/mol. The summed E-state index contributed by atoms with van der Waals surface area (Å²) in [6.07, 6.45) is 4.10. The number of nitrogens with one attached hydrogen (secondary N) is 1. The molecule has 1 N–H and O–H groups in total. The molecule has 2 saturated heterocycles. The highest BCUT2D eigenvalue weighted by Crippen LogP contribution is 2.25. The molecule has 2 aliphatic heterocycles. The van der Waals surface area contributed by atoms with Crippen LogP contribution in [0.3, 0.4) is 0 Å². The zero-order valence-corrected chi connectivity index (χ0v) is 16.1. The van der Waals surface area contributed by atoms with Gasteiger partial charge in [0.05, 0.1) is 0 Å². The summed E-state index contributed by atoms with van der Waals surface area (Å²) in [4.78, 5) is 12.2. The van der Waals surface area contributed by atoms with Crippen LogP contribution in [0.15, 0.2) is 0 Å². The third kappa shape index (κ3) is 5.17. The number of carbonyl (C=O) groups is 1. The van der Waals surface area contributed by atoms with Gasteiger partial charge in [0.15, 0.2) is 0 Å². The number of hydrogen-bond donors (Lipinski definition) is 1. The molecule has 0 bridgehead atoms. The number of rotatable bonds is 6. The summed E-state index contributed by atoms with van der Waals surface area (Å²) in [5.74, 6) is 1.21. The lowest BCUT2D eigenvalue weighted by Gasteiger charge is -2.37. The van der Waals surface area contributed by atoms with Gasteiger partial charge >= 0.3 is 0 Å². The fraction of sp³-hybridized carbons (Fsp3) is 0.941. The van der Waals surface area contributed by atoms with Crippen molar-refractivity contribution in [2.24, 2.45) is 17.8 Å². The number of amides is 1. The van der Waals surface area contributed by atoms with E-state index in [0.717, 1.165) is 19.3 Å². The van der Waals surface area contributed by atoms with E-state index >= 15 is 0 Å². The first-order chi connectivity index (χ1) is 11.3. The van der Waals surface area contributed by atoms with Gasteiger partial charge < -0.3 is 5.32 Å². The van der Waals surface area contributed by atoms with E-state index in [1.54, 1.807) is 8.61 Å². The normalized spacial score (nSPS) is 22.8. The molecule has 2 aliphatic rings. The van der Waals surface area contributed by atoms with Crippen molar-refractivity contribution in [3.63, 3.8) is 0 Å². The van der Waals surface area contributed by atoms with E-state index in [2.05, 4.69) is 26.1 Å². The highest BCUT2D eigenvalue weighted by atomic mass is 32.2. The highest BCUT2D eigenvalue weighted by molar-refractivity contribution is 7.86. The molecular formula is C17H33N3O3S. The molecule has 0 aromatic carbocycles.